The molecule has 2 amide bonds. The van der Waals surface area contributed by atoms with Gasteiger partial charge in [-0.3, -0.25) is 9.59 Å². The fraction of sp³-hybridized carbons (Fsp3) is 0.421. The van der Waals surface area contributed by atoms with Crippen LogP contribution in [0.15, 0.2) is 24.3 Å². The van der Waals surface area contributed by atoms with Crippen LogP contribution in [0, 0.1) is 0 Å². The van der Waals surface area contributed by atoms with Gasteiger partial charge in [-0.25, -0.2) is 4.98 Å². The first-order valence-corrected chi connectivity index (χ1v) is 9.38. The Kier molecular flexibility index (Phi) is 5.61. The minimum Gasteiger partial charge on any atom is -0.337 e. The van der Waals surface area contributed by atoms with Crippen molar-refractivity contribution in [2.45, 2.75) is 39.7 Å². The number of nitrogens with zero attached hydrogens (tertiary/aromatic N) is 3. The molecule has 0 spiro atoms. The Hall–Kier alpha value is -2.34. The molecule has 0 aliphatic carbocycles. The van der Waals surface area contributed by atoms with E-state index in [0.717, 1.165) is 31.5 Å². The molecule has 2 aromatic rings. The van der Waals surface area contributed by atoms with Crippen LogP contribution in [0.1, 0.15) is 53.5 Å². The van der Waals surface area contributed by atoms with Crippen LogP contribution in [0.2, 0.25) is 5.02 Å². The van der Waals surface area contributed by atoms with Crippen molar-refractivity contribution in [1.29, 1.82) is 0 Å². The summed E-state index contributed by atoms with van der Waals surface area (Å²) in [5.74, 6) is -0.0730. The third-order valence-corrected chi connectivity index (χ3v) is 4.89. The van der Waals surface area contributed by atoms with Gasteiger partial charge in [0.15, 0.2) is 11.5 Å². The largest absolute Gasteiger partial charge is 0.337 e. The Labute approximate surface area is 158 Å². The zero-order chi connectivity index (χ0) is 18.7. The topological polar surface area (TPSA) is 67.2 Å². The van der Waals surface area contributed by atoms with E-state index in [9.17, 15) is 9.59 Å². The molecule has 0 bridgehead atoms. The van der Waals surface area contributed by atoms with Crippen molar-refractivity contribution in [3.05, 3.63) is 46.5 Å². The molecular formula is C19H23ClN4O2. The third-order valence-electron chi connectivity index (χ3n) is 4.66. The number of hydrogen-bond donors (Lipinski definition) is 1. The molecule has 1 aliphatic rings. The van der Waals surface area contributed by atoms with Crippen molar-refractivity contribution < 1.29 is 9.59 Å². The number of anilines is 1. The maximum Gasteiger partial charge on any atom is 0.289 e. The number of benzene rings is 1. The summed E-state index contributed by atoms with van der Waals surface area (Å²) >= 11 is 5.98. The van der Waals surface area contributed by atoms with Gasteiger partial charge in [0.25, 0.3) is 11.8 Å². The lowest BCUT2D eigenvalue weighted by molar-refractivity contribution is 0.0754. The van der Waals surface area contributed by atoms with Crippen LogP contribution in [-0.2, 0) is 13.0 Å². The maximum atomic E-state index is 12.8. The molecule has 0 radical (unpaired) electrons. The highest BCUT2D eigenvalue weighted by Crippen LogP contribution is 2.23. The SMILES string of the molecule is CCN(CC)C(=O)c1nc(C(=O)Nc2cccc(Cl)c2)c2n1CCCC2. The Morgan fingerprint density at radius 3 is 2.73 bits per heavy atom. The van der Waals surface area contributed by atoms with E-state index in [-0.39, 0.29) is 11.8 Å². The summed E-state index contributed by atoms with van der Waals surface area (Å²) in [6.07, 6.45) is 2.72. The van der Waals surface area contributed by atoms with Crippen LogP contribution in [0.3, 0.4) is 0 Å². The van der Waals surface area contributed by atoms with Crippen molar-refractivity contribution in [3.63, 3.8) is 0 Å². The van der Waals surface area contributed by atoms with Gasteiger partial charge in [0.2, 0.25) is 0 Å². The molecule has 1 aliphatic heterocycles. The average molecular weight is 375 g/mol. The first-order valence-electron chi connectivity index (χ1n) is 9.00. The zero-order valence-electron chi connectivity index (χ0n) is 15.1. The van der Waals surface area contributed by atoms with E-state index in [2.05, 4.69) is 10.3 Å². The minimum atomic E-state index is -0.309. The molecule has 0 atom stereocenters. The Morgan fingerprint density at radius 2 is 2.04 bits per heavy atom. The van der Waals surface area contributed by atoms with Crippen molar-refractivity contribution in [1.82, 2.24) is 14.5 Å². The molecule has 1 N–H and O–H groups in total. The number of carbonyl (C=O) groups is 2. The summed E-state index contributed by atoms with van der Waals surface area (Å²) in [5, 5.41) is 3.38. The number of amides is 2. The molecule has 2 heterocycles. The number of fused-ring (bicyclic) bond motifs is 1. The standard InChI is InChI=1S/C19H23ClN4O2/c1-3-23(4-2)19(26)17-22-16(15-10-5-6-11-24(15)17)18(25)21-14-9-7-8-13(20)12-14/h7-9,12H,3-6,10-11H2,1-2H3,(H,21,25). The van der Waals surface area contributed by atoms with Crippen LogP contribution < -0.4 is 5.32 Å². The summed E-state index contributed by atoms with van der Waals surface area (Å²) in [4.78, 5) is 31.8. The summed E-state index contributed by atoms with van der Waals surface area (Å²) in [6.45, 7) is 5.82. The van der Waals surface area contributed by atoms with Gasteiger partial charge in [0, 0.05) is 30.3 Å². The second kappa shape index (κ2) is 7.91. The van der Waals surface area contributed by atoms with Gasteiger partial charge in [-0.1, -0.05) is 17.7 Å². The minimum absolute atomic E-state index is 0.125. The molecule has 138 valence electrons. The Bertz CT molecular complexity index is 827. The Morgan fingerprint density at radius 1 is 1.27 bits per heavy atom. The van der Waals surface area contributed by atoms with E-state index in [0.29, 0.717) is 35.3 Å². The number of imidazole rings is 1. The third kappa shape index (κ3) is 3.60. The van der Waals surface area contributed by atoms with Gasteiger partial charge in [-0.05, 0) is 51.3 Å². The van der Waals surface area contributed by atoms with E-state index in [1.165, 1.54) is 0 Å². The maximum absolute atomic E-state index is 12.8. The Balaban J connectivity index is 1.94. The highest BCUT2D eigenvalue weighted by molar-refractivity contribution is 6.31. The monoisotopic (exact) mass is 374 g/mol. The van der Waals surface area contributed by atoms with Crippen LogP contribution >= 0.6 is 11.6 Å². The molecule has 26 heavy (non-hydrogen) atoms. The highest BCUT2D eigenvalue weighted by Gasteiger charge is 2.29. The number of carbonyl (C=O) groups excluding carboxylic acids is 2. The molecule has 0 fully saturated rings. The molecule has 0 saturated heterocycles. The number of rotatable bonds is 5. The molecule has 3 rings (SSSR count). The molecule has 1 aromatic carbocycles. The van der Waals surface area contributed by atoms with Gasteiger partial charge in [0.05, 0.1) is 5.69 Å². The van der Waals surface area contributed by atoms with Gasteiger partial charge in [-0.2, -0.15) is 0 Å². The lowest BCUT2D eigenvalue weighted by Gasteiger charge is -2.21. The van der Waals surface area contributed by atoms with Gasteiger partial charge in [-0.15, -0.1) is 0 Å². The van der Waals surface area contributed by atoms with E-state index in [1.54, 1.807) is 29.2 Å². The zero-order valence-corrected chi connectivity index (χ0v) is 15.8. The molecule has 0 saturated carbocycles. The van der Waals surface area contributed by atoms with E-state index in [4.69, 9.17) is 11.6 Å². The average Bonchev–Trinajstić information content (AvgIpc) is 3.02. The molecule has 0 unspecified atom stereocenters. The van der Waals surface area contributed by atoms with Crippen molar-refractivity contribution in [2.24, 2.45) is 0 Å². The second-order valence-electron chi connectivity index (χ2n) is 6.28. The summed E-state index contributed by atoms with van der Waals surface area (Å²) in [7, 11) is 0. The fourth-order valence-electron chi connectivity index (χ4n) is 3.30. The first-order chi connectivity index (χ1) is 12.5. The predicted octanol–water partition coefficient (Wildman–Crippen LogP) is 3.61. The van der Waals surface area contributed by atoms with Crippen molar-refractivity contribution in [3.8, 4) is 0 Å². The highest BCUT2D eigenvalue weighted by atomic mass is 35.5. The summed E-state index contributed by atoms with van der Waals surface area (Å²) in [6, 6.07) is 6.98. The lowest BCUT2D eigenvalue weighted by Crippen LogP contribution is -2.33. The first kappa shape index (κ1) is 18.5. The number of halogens is 1. The normalized spacial score (nSPS) is 13.2. The van der Waals surface area contributed by atoms with Crippen LogP contribution in [0.4, 0.5) is 5.69 Å². The van der Waals surface area contributed by atoms with Crippen LogP contribution in [0.5, 0.6) is 0 Å². The molecule has 6 nitrogen and oxygen atoms in total. The van der Waals surface area contributed by atoms with Crippen molar-refractivity contribution >= 4 is 29.1 Å². The van der Waals surface area contributed by atoms with Gasteiger partial charge < -0.3 is 14.8 Å². The summed E-state index contributed by atoms with van der Waals surface area (Å²) in [5.41, 5.74) is 1.78. The lowest BCUT2D eigenvalue weighted by atomic mass is 10.1. The van der Waals surface area contributed by atoms with E-state index < -0.39 is 0 Å². The van der Waals surface area contributed by atoms with Gasteiger partial charge >= 0.3 is 0 Å². The summed E-state index contributed by atoms with van der Waals surface area (Å²) < 4.78 is 1.91. The smallest absolute Gasteiger partial charge is 0.289 e. The van der Waals surface area contributed by atoms with Crippen LogP contribution in [0.25, 0.3) is 0 Å². The van der Waals surface area contributed by atoms with E-state index in [1.807, 2.05) is 18.4 Å². The molecular weight excluding hydrogens is 352 g/mol. The fourth-order valence-corrected chi connectivity index (χ4v) is 3.49. The molecule has 7 heteroatoms. The number of nitrogens with one attached hydrogen (secondary N) is 1. The second-order valence-corrected chi connectivity index (χ2v) is 6.72. The molecule has 1 aromatic heterocycles. The quantitative estimate of drug-likeness (QED) is 0.869. The van der Waals surface area contributed by atoms with Crippen molar-refractivity contribution in [2.75, 3.05) is 18.4 Å². The van der Waals surface area contributed by atoms with Gasteiger partial charge in [0.1, 0.15) is 0 Å². The number of hydrogen-bond acceptors (Lipinski definition) is 3. The predicted molar refractivity (Wildman–Crippen MR) is 102 cm³/mol. The van der Waals surface area contributed by atoms with E-state index >= 15 is 0 Å². The number of aromatic nitrogens is 2. The van der Waals surface area contributed by atoms with Crippen LogP contribution in [-0.4, -0.2) is 39.4 Å².